The Morgan fingerprint density at radius 3 is 2.46 bits per heavy atom. The van der Waals surface area contributed by atoms with Crippen molar-refractivity contribution in [3.8, 4) is 0 Å². The van der Waals surface area contributed by atoms with Crippen LogP contribution in [0.4, 0.5) is 10.5 Å². The predicted octanol–water partition coefficient (Wildman–Crippen LogP) is 4.62. The highest BCUT2D eigenvalue weighted by Gasteiger charge is 2.44. The van der Waals surface area contributed by atoms with E-state index < -0.39 is 17.7 Å². The Kier molecular flexibility index (Phi) is 5.00. The Hall–Kier alpha value is -2.04. The van der Waals surface area contributed by atoms with Gasteiger partial charge in [-0.15, -0.1) is 0 Å². The summed E-state index contributed by atoms with van der Waals surface area (Å²) in [6.45, 7) is 7.54. The van der Waals surface area contributed by atoms with Crippen molar-refractivity contribution in [2.75, 3.05) is 4.90 Å². The molecule has 1 unspecified atom stereocenters. The number of nitrogens with zero attached hydrogens (tertiary/aromatic N) is 1. The SMILES string of the molecule is CCC1(OC(=O)C2Cc3ccccc3N2C(=O)OC(C)(C)C)CCCC1. The van der Waals surface area contributed by atoms with Gasteiger partial charge in [0.15, 0.2) is 0 Å². The summed E-state index contributed by atoms with van der Waals surface area (Å²) in [4.78, 5) is 27.3. The monoisotopic (exact) mass is 359 g/mol. The van der Waals surface area contributed by atoms with Crippen molar-refractivity contribution >= 4 is 17.7 Å². The number of anilines is 1. The first-order valence-electron chi connectivity index (χ1n) is 9.58. The number of fused-ring (bicyclic) bond motifs is 1. The summed E-state index contributed by atoms with van der Waals surface area (Å²) in [7, 11) is 0. The fourth-order valence-electron chi connectivity index (χ4n) is 3.94. The van der Waals surface area contributed by atoms with Gasteiger partial charge in [-0.05, 0) is 64.5 Å². The van der Waals surface area contributed by atoms with Gasteiger partial charge in [0.2, 0.25) is 0 Å². The maximum absolute atomic E-state index is 13.0. The standard InChI is InChI=1S/C21H29NO4/c1-5-21(12-8-9-13-21)25-18(23)17-14-15-10-6-7-11-16(15)22(17)19(24)26-20(2,3)4/h6-7,10-11,17H,5,8-9,12-14H2,1-4H3. The molecule has 1 aliphatic heterocycles. The van der Waals surface area contributed by atoms with Gasteiger partial charge in [0.05, 0.1) is 5.69 Å². The average Bonchev–Trinajstić information content (AvgIpc) is 3.18. The molecule has 0 N–H and O–H groups in total. The number of amides is 1. The summed E-state index contributed by atoms with van der Waals surface area (Å²) in [6.07, 6.45) is 4.76. The molecular formula is C21H29NO4. The maximum atomic E-state index is 13.0. The quantitative estimate of drug-likeness (QED) is 0.739. The third-order valence-electron chi connectivity index (χ3n) is 5.31. The van der Waals surface area contributed by atoms with Gasteiger partial charge in [-0.25, -0.2) is 9.59 Å². The van der Waals surface area contributed by atoms with Gasteiger partial charge in [0.1, 0.15) is 17.2 Å². The highest BCUT2D eigenvalue weighted by atomic mass is 16.6. The molecule has 1 aromatic carbocycles. The molecule has 0 saturated heterocycles. The van der Waals surface area contributed by atoms with Crippen LogP contribution in [0.1, 0.15) is 65.4 Å². The molecule has 0 spiro atoms. The van der Waals surface area contributed by atoms with Crippen molar-refractivity contribution in [2.24, 2.45) is 0 Å². The van der Waals surface area contributed by atoms with Gasteiger partial charge in [-0.2, -0.15) is 0 Å². The Balaban J connectivity index is 1.85. The van der Waals surface area contributed by atoms with Crippen molar-refractivity contribution in [3.63, 3.8) is 0 Å². The topological polar surface area (TPSA) is 55.8 Å². The van der Waals surface area contributed by atoms with Crippen LogP contribution in [0.5, 0.6) is 0 Å². The van der Waals surface area contributed by atoms with E-state index in [9.17, 15) is 9.59 Å². The summed E-state index contributed by atoms with van der Waals surface area (Å²) in [5, 5.41) is 0. The van der Waals surface area contributed by atoms with E-state index in [0.29, 0.717) is 6.42 Å². The zero-order valence-corrected chi connectivity index (χ0v) is 16.2. The minimum Gasteiger partial charge on any atom is -0.458 e. The number of benzene rings is 1. The third kappa shape index (κ3) is 3.71. The summed E-state index contributed by atoms with van der Waals surface area (Å²) in [6, 6.07) is 6.94. The lowest BCUT2D eigenvalue weighted by Gasteiger charge is -2.32. The summed E-state index contributed by atoms with van der Waals surface area (Å²) < 4.78 is 11.5. The van der Waals surface area contributed by atoms with E-state index >= 15 is 0 Å². The molecule has 0 bridgehead atoms. The summed E-state index contributed by atoms with van der Waals surface area (Å²) >= 11 is 0. The number of carbonyl (C=O) groups excluding carboxylic acids is 2. The maximum Gasteiger partial charge on any atom is 0.415 e. The van der Waals surface area contributed by atoms with Crippen LogP contribution in [0.25, 0.3) is 0 Å². The lowest BCUT2D eigenvalue weighted by molar-refractivity contribution is -0.161. The number of esters is 1. The van der Waals surface area contributed by atoms with E-state index in [2.05, 4.69) is 6.92 Å². The van der Waals surface area contributed by atoms with Crippen molar-refractivity contribution in [2.45, 2.75) is 83.5 Å². The molecule has 1 saturated carbocycles. The van der Waals surface area contributed by atoms with E-state index in [1.165, 1.54) is 4.90 Å². The van der Waals surface area contributed by atoms with Crippen LogP contribution in [-0.4, -0.2) is 29.3 Å². The Labute approximate surface area is 155 Å². The highest BCUT2D eigenvalue weighted by Crippen LogP contribution is 2.39. The van der Waals surface area contributed by atoms with E-state index in [-0.39, 0.29) is 11.6 Å². The molecule has 0 aromatic heterocycles. The molecule has 3 rings (SSSR count). The Morgan fingerprint density at radius 2 is 1.85 bits per heavy atom. The molecule has 142 valence electrons. The normalized spacial score (nSPS) is 21.4. The Morgan fingerprint density at radius 1 is 1.19 bits per heavy atom. The van der Waals surface area contributed by atoms with Gasteiger partial charge in [0.25, 0.3) is 0 Å². The minimum absolute atomic E-state index is 0.323. The van der Waals surface area contributed by atoms with E-state index in [1.54, 1.807) is 0 Å². The predicted molar refractivity (Wildman–Crippen MR) is 100 cm³/mol. The zero-order chi connectivity index (χ0) is 18.9. The lowest BCUT2D eigenvalue weighted by atomic mass is 9.98. The zero-order valence-electron chi connectivity index (χ0n) is 16.2. The molecule has 1 aliphatic carbocycles. The number of rotatable bonds is 3. The van der Waals surface area contributed by atoms with Crippen LogP contribution in [0.2, 0.25) is 0 Å². The second-order valence-electron chi connectivity index (χ2n) is 8.36. The largest absolute Gasteiger partial charge is 0.458 e. The van der Waals surface area contributed by atoms with Crippen molar-refractivity contribution < 1.29 is 19.1 Å². The number of ether oxygens (including phenoxy) is 2. The highest BCUT2D eigenvalue weighted by molar-refractivity contribution is 5.99. The molecule has 1 atom stereocenters. The fourth-order valence-corrected chi connectivity index (χ4v) is 3.94. The fraction of sp³-hybridized carbons (Fsp3) is 0.619. The molecule has 5 heteroatoms. The summed E-state index contributed by atoms with van der Waals surface area (Å²) in [5.74, 6) is -0.323. The van der Waals surface area contributed by atoms with Crippen LogP contribution >= 0.6 is 0 Å². The van der Waals surface area contributed by atoms with Crippen LogP contribution in [0.15, 0.2) is 24.3 Å². The first kappa shape index (κ1) is 18.7. The molecule has 0 radical (unpaired) electrons. The second kappa shape index (κ2) is 6.93. The van der Waals surface area contributed by atoms with E-state index in [0.717, 1.165) is 43.4 Å². The molecule has 5 nitrogen and oxygen atoms in total. The van der Waals surface area contributed by atoms with Gasteiger partial charge in [0, 0.05) is 6.42 Å². The van der Waals surface area contributed by atoms with E-state index in [4.69, 9.17) is 9.47 Å². The lowest BCUT2D eigenvalue weighted by Crippen LogP contribution is -2.48. The average molecular weight is 359 g/mol. The molecule has 1 amide bonds. The molecule has 2 aliphatic rings. The number of hydrogen-bond acceptors (Lipinski definition) is 4. The van der Waals surface area contributed by atoms with Crippen LogP contribution in [0.3, 0.4) is 0 Å². The molecule has 1 aromatic rings. The smallest absolute Gasteiger partial charge is 0.415 e. The number of para-hydroxylation sites is 1. The molecule has 1 heterocycles. The van der Waals surface area contributed by atoms with Crippen LogP contribution < -0.4 is 4.90 Å². The number of carbonyl (C=O) groups is 2. The van der Waals surface area contributed by atoms with Gasteiger partial charge >= 0.3 is 12.1 Å². The van der Waals surface area contributed by atoms with Gasteiger partial charge < -0.3 is 9.47 Å². The molecule has 1 fully saturated rings. The van der Waals surface area contributed by atoms with Gasteiger partial charge in [-0.3, -0.25) is 4.90 Å². The summed E-state index contributed by atoms with van der Waals surface area (Å²) in [5.41, 5.74) is 0.711. The minimum atomic E-state index is -0.661. The third-order valence-corrected chi connectivity index (χ3v) is 5.31. The van der Waals surface area contributed by atoms with Crippen LogP contribution in [-0.2, 0) is 20.7 Å². The number of hydrogen-bond donors (Lipinski definition) is 0. The van der Waals surface area contributed by atoms with Crippen LogP contribution in [0, 0.1) is 0 Å². The molecule has 26 heavy (non-hydrogen) atoms. The Bertz CT molecular complexity index is 685. The second-order valence-corrected chi connectivity index (χ2v) is 8.36. The van der Waals surface area contributed by atoms with Crippen molar-refractivity contribution in [1.29, 1.82) is 0 Å². The van der Waals surface area contributed by atoms with Gasteiger partial charge in [-0.1, -0.05) is 25.1 Å². The first-order valence-corrected chi connectivity index (χ1v) is 9.58. The van der Waals surface area contributed by atoms with E-state index in [1.807, 2.05) is 45.0 Å². The molecular weight excluding hydrogens is 330 g/mol. The van der Waals surface area contributed by atoms with Crippen molar-refractivity contribution in [3.05, 3.63) is 29.8 Å². The first-order chi connectivity index (χ1) is 12.2. The van der Waals surface area contributed by atoms with Crippen molar-refractivity contribution in [1.82, 2.24) is 0 Å².